The van der Waals surface area contributed by atoms with Crippen molar-refractivity contribution in [2.45, 2.75) is 24.3 Å². The quantitative estimate of drug-likeness (QED) is 0.817. The van der Waals surface area contributed by atoms with Gasteiger partial charge < -0.3 is 5.11 Å². The number of aliphatic hydroxyl groups is 1. The fourth-order valence-electron chi connectivity index (χ4n) is 1.95. The highest BCUT2D eigenvalue weighted by Gasteiger charge is 2.31. The van der Waals surface area contributed by atoms with E-state index in [2.05, 4.69) is 0 Å². The molecule has 2 rings (SSSR count). The maximum absolute atomic E-state index is 12.3. The summed E-state index contributed by atoms with van der Waals surface area (Å²) in [5, 5.41) is 9.39. The topological polar surface area (TPSA) is 74.7 Å². The number of hydrogen-bond acceptors (Lipinski definition) is 4. The molecule has 6 heteroatoms. The summed E-state index contributed by atoms with van der Waals surface area (Å²) in [5.74, 6) is -0.173. The van der Waals surface area contributed by atoms with Gasteiger partial charge in [-0.15, -0.1) is 0 Å². The first-order valence-corrected chi connectivity index (χ1v) is 7.14. The second-order valence-electron chi connectivity index (χ2n) is 4.39. The minimum Gasteiger partial charge on any atom is -0.392 e. The van der Waals surface area contributed by atoms with Crippen LogP contribution in [-0.2, 0) is 10.0 Å². The maximum atomic E-state index is 12.3. The molecule has 98 valence electrons. The summed E-state index contributed by atoms with van der Waals surface area (Å²) >= 11 is 0. The van der Waals surface area contributed by atoms with E-state index in [4.69, 9.17) is 0 Å². The van der Waals surface area contributed by atoms with Crippen molar-refractivity contribution in [1.29, 1.82) is 0 Å². The van der Waals surface area contributed by atoms with Crippen molar-refractivity contribution in [3.8, 4) is 0 Å². The molecule has 1 aromatic carbocycles. The third kappa shape index (κ3) is 2.45. The largest absolute Gasteiger partial charge is 0.392 e. The minimum atomic E-state index is -3.61. The molecule has 1 saturated heterocycles. The van der Waals surface area contributed by atoms with Crippen molar-refractivity contribution >= 4 is 15.8 Å². The molecule has 0 bridgehead atoms. The highest BCUT2D eigenvalue weighted by atomic mass is 32.2. The minimum absolute atomic E-state index is 0.101. The van der Waals surface area contributed by atoms with Gasteiger partial charge in [0.15, 0.2) is 5.78 Å². The molecule has 0 saturated carbocycles. The summed E-state index contributed by atoms with van der Waals surface area (Å²) < 4.78 is 25.8. The molecule has 1 heterocycles. The van der Waals surface area contributed by atoms with E-state index in [0.717, 1.165) is 0 Å². The van der Waals surface area contributed by atoms with E-state index < -0.39 is 16.1 Å². The molecule has 1 fully saturated rings. The first-order chi connectivity index (χ1) is 8.41. The number of ketones is 1. The Kier molecular flexibility index (Phi) is 3.52. The van der Waals surface area contributed by atoms with E-state index in [-0.39, 0.29) is 17.2 Å². The number of benzene rings is 1. The normalized spacial score (nSPS) is 21.1. The van der Waals surface area contributed by atoms with Crippen LogP contribution in [0.1, 0.15) is 23.7 Å². The van der Waals surface area contributed by atoms with Crippen LogP contribution in [0, 0.1) is 0 Å². The molecule has 1 N–H and O–H groups in total. The molecular weight excluding hydrogens is 254 g/mol. The SMILES string of the molecule is CC(=O)c1cccc(S(=O)(=O)N2CC[C@@H](O)C2)c1. The Bertz CT molecular complexity index is 567. The molecule has 0 aromatic heterocycles. The van der Waals surface area contributed by atoms with Crippen molar-refractivity contribution < 1.29 is 18.3 Å². The molecule has 1 aliphatic rings. The van der Waals surface area contributed by atoms with Crippen LogP contribution in [0.4, 0.5) is 0 Å². The maximum Gasteiger partial charge on any atom is 0.243 e. The van der Waals surface area contributed by atoms with E-state index in [9.17, 15) is 18.3 Å². The summed E-state index contributed by atoms with van der Waals surface area (Å²) in [6, 6.07) is 5.98. The van der Waals surface area contributed by atoms with E-state index in [1.165, 1.54) is 23.4 Å². The number of nitrogens with zero attached hydrogens (tertiary/aromatic N) is 1. The van der Waals surface area contributed by atoms with E-state index >= 15 is 0 Å². The standard InChI is InChI=1S/C12H15NO4S/c1-9(14)10-3-2-4-12(7-10)18(16,17)13-6-5-11(15)8-13/h2-4,7,11,15H,5-6,8H2,1H3/t11-/m1/s1. The Morgan fingerprint density at radius 1 is 1.44 bits per heavy atom. The lowest BCUT2D eigenvalue weighted by Crippen LogP contribution is -2.29. The smallest absolute Gasteiger partial charge is 0.243 e. The molecule has 0 amide bonds. The van der Waals surface area contributed by atoms with Crippen LogP contribution in [0.5, 0.6) is 0 Å². The molecule has 5 nitrogen and oxygen atoms in total. The summed E-state index contributed by atoms with van der Waals surface area (Å²) in [7, 11) is -3.61. The van der Waals surface area contributed by atoms with E-state index in [1.807, 2.05) is 0 Å². The first-order valence-electron chi connectivity index (χ1n) is 5.70. The van der Waals surface area contributed by atoms with Crippen LogP contribution in [-0.4, -0.2) is 42.8 Å². The number of rotatable bonds is 3. The van der Waals surface area contributed by atoms with E-state index in [0.29, 0.717) is 18.5 Å². The van der Waals surface area contributed by atoms with Crippen LogP contribution >= 0.6 is 0 Å². The molecular formula is C12H15NO4S. The van der Waals surface area contributed by atoms with Crippen LogP contribution in [0.25, 0.3) is 0 Å². The summed E-state index contributed by atoms with van der Waals surface area (Å²) in [6.07, 6.45) is -0.151. The van der Waals surface area contributed by atoms with Gasteiger partial charge in [-0.1, -0.05) is 12.1 Å². The summed E-state index contributed by atoms with van der Waals surface area (Å²) in [5.41, 5.74) is 0.371. The van der Waals surface area contributed by atoms with Crippen molar-refractivity contribution in [2.75, 3.05) is 13.1 Å². The molecule has 0 aliphatic carbocycles. The van der Waals surface area contributed by atoms with Gasteiger partial charge in [-0.3, -0.25) is 4.79 Å². The van der Waals surface area contributed by atoms with Gasteiger partial charge in [0.2, 0.25) is 10.0 Å². The van der Waals surface area contributed by atoms with Crippen LogP contribution in [0.2, 0.25) is 0 Å². The molecule has 1 aliphatic heterocycles. The van der Waals surface area contributed by atoms with Crippen LogP contribution in [0.3, 0.4) is 0 Å². The van der Waals surface area contributed by atoms with Crippen molar-refractivity contribution in [1.82, 2.24) is 4.31 Å². The number of β-amino-alcohol motifs (C(OH)–C–C–N with tert-alkyl or cyclic N) is 1. The molecule has 0 unspecified atom stereocenters. The average Bonchev–Trinajstić information content (AvgIpc) is 2.77. The molecule has 0 spiro atoms. The number of carbonyl (C=O) groups excluding carboxylic acids is 1. The second kappa shape index (κ2) is 4.79. The van der Waals surface area contributed by atoms with Crippen molar-refractivity contribution in [3.63, 3.8) is 0 Å². The zero-order valence-corrected chi connectivity index (χ0v) is 10.9. The Labute approximate surface area is 106 Å². The summed E-state index contributed by atoms with van der Waals surface area (Å²) in [6.45, 7) is 1.83. The zero-order valence-electron chi connectivity index (χ0n) is 10.0. The van der Waals surface area contributed by atoms with Gasteiger partial charge in [0.25, 0.3) is 0 Å². The Balaban J connectivity index is 2.35. The lowest BCUT2D eigenvalue weighted by molar-refractivity contribution is 0.101. The van der Waals surface area contributed by atoms with Crippen LogP contribution < -0.4 is 0 Å². The highest BCUT2D eigenvalue weighted by Crippen LogP contribution is 2.21. The van der Waals surface area contributed by atoms with Gasteiger partial charge >= 0.3 is 0 Å². The molecule has 0 radical (unpaired) electrons. The fourth-order valence-corrected chi connectivity index (χ4v) is 3.49. The monoisotopic (exact) mass is 269 g/mol. The highest BCUT2D eigenvalue weighted by molar-refractivity contribution is 7.89. The van der Waals surface area contributed by atoms with Crippen molar-refractivity contribution in [2.24, 2.45) is 0 Å². The number of Topliss-reactive ketones (excluding diaryl/α,β-unsaturated/α-hetero) is 1. The number of hydrogen-bond donors (Lipinski definition) is 1. The lowest BCUT2D eigenvalue weighted by atomic mass is 10.2. The summed E-state index contributed by atoms with van der Waals surface area (Å²) in [4.78, 5) is 11.4. The van der Waals surface area contributed by atoms with Crippen LogP contribution in [0.15, 0.2) is 29.2 Å². The molecule has 18 heavy (non-hydrogen) atoms. The molecule has 1 aromatic rings. The number of aliphatic hydroxyl groups excluding tert-OH is 1. The van der Waals surface area contributed by atoms with Gasteiger partial charge in [-0.05, 0) is 25.5 Å². The van der Waals surface area contributed by atoms with Gasteiger partial charge in [0, 0.05) is 18.7 Å². The zero-order chi connectivity index (χ0) is 13.3. The number of sulfonamides is 1. The average molecular weight is 269 g/mol. The third-order valence-electron chi connectivity index (χ3n) is 3.00. The fraction of sp³-hybridized carbons (Fsp3) is 0.417. The first kappa shape index (κ1) is 13.2. The number of carbonyl (C=O) groups is 1. The van der Waals surface area contributed by atoms with E-state index in [1.54, 1.807) is 12.1 Å². The predicted molar refractivity (Wildman–Crippen MR) is 65.8 cm³/mol. The van der Waals surface area contributed by atoms with Gasteiger partial charge in [-0.25, -0.2) is 8.42 Å². The third-order valence-corrected chi connectivity index (χ3v) is 4.87. The Hall–Kier alpha value is -1.24. The van der Waals surface area contributed by atoms with Crippen molar-refractivity contribution in [3.05, 3.63) is 29.8 Å². The molecule has 1 atom stereocenters. The second-order valence-corrected chi connectivity index (χ2v) is 6.33. The Morgan fingerprint density at radius 2 is 2.17 bits per heavy atom. The van der Waals surface area contributed by atoms with Gasteiger partial charge in [0.1, 0.15) is 0 Å². The predicted octanol–water partition coefficient (Wildman–Crippen LogP) is 0.645. The van der Waals surface area contributed by atoms with Gasteiger partial charge in [0.05, 0.1) is 11.0 Å². The van der Waals surface area contributed by atoms with Gasteiger partial charge in [-0.2, -0.15) is 4.31 Å². The lowest BCUT2D eigenvalue weighted by Gasteiger charge is -2.15. The Morgan fingerprint density at radius 3 is 2.72 bits per heavy atom.